The van der Waals surface area contributed by atoms with Crippen molar-refractivity contribution in [3.63, 3.8) is 0 Å². The van der Waals surface area contributed by atoms with Gasteiger partial charge in [0.1, 0.15) is 11.5 Å². The lowest BCUT2D eigenvalue weighted by atomic mass is 9.98. The second-order valence-electron chi connectivity index (χ2n) is 5.33. The second-order valence-corrected chi connectivity index (χ2v) is 6.15. The van der Waals surface area contributed by atoms with Gasteiger partial charge in [-0.1, -0.05) is 47.5 Å². The molecule has 0 atom stereocenters. The van der Waals surface area contributed by atoms with Gasteiger partial charge in [0.2, 0.25) is 0 Å². The lowest BCUT2D eigenvalue weighted by Crippen LogP contribution is -1.94. The fourth-order valence-electron chi connectivity index (χ4n) is 2.50. The van der Waals surface area contributed by atoms with Crippen LogP contribution in [0.5, 0.6) is 11.5 Å². The van der Waals surface area contributed by atoms with Crippen molar-refractivity contribution in [2.24, 2.45) is 0 Å². The first-order valence-electron chi connectivity index (χ1n) is 7.18. The maximum Gasteiger partial charge on any atom is 0.137 e. The Balaban J connectivity index is 2.39. The van der Waals surface area contributed by atoms with Crippen LogP contribution < -0.4 is 0 Å². The Morgan fingerprint density at radius 2 is 1.17 bits per heavy atom. The molecule has 2 aromatic rings. The van der Waals surface area contributed by atoms with Crippen LogP contribution in [0.25, 0.3) is 0 Å². The van der Waals surface area contributed by atoms with Crippen LogP contribution in [-0.4, -0.2) is 10.2 Å². The molecule has 0 radical (unpaired) electrons. The zero-order valence-electron chi connectivity index (χ0n) is 12.6. The van der Waals surface area contributed by atoms with E-state index in [1.807, 2.05) is 12.1 Å². The molecule has 0 aliphatic heterocycles. The van der Waals surface area contributed by atoms with E-state index in [-0.39, 0.29) is 11.5 Å². The Labute approximate surface area is 146 Å². The number of phenols is 2. The third-order valence-electron chi connectivity index (χ3n) is 3.54. The standard InChI is InChI=1S/C19H18Cl2O2/c1-3-5-14-8-12(10-16(20)18(14)22)7-13-9-15(6-4-2)19(23)17(21)11-13/h3-4,8-11,22-23H,1-2,5-7H2. The number of phenolic OH excluding ortho intramolecular Hbond substituents is 2. The summed E-state index contributed by atoms with van der Waals surface area (Å²) in [5.41, 5.74) is 3.38. The van der Waals surface area contributed by atoms with Crippen LogP contribution >= 0.6 is 23.2 Å². The van der Waals surface area contributed by atoms with Crippen LogP contribution in [0.4, 0.5) is 0 Å². The molecule has 0 heterocycles. The van der Waals surface area contributed by atoms with Gasteiger partial charge in [0.05, 0.1) is 10.0 Å². The topological polar surface area (TPSA) is 40.5 Å². The molecule has 0 aliphatic rings. The zero-order chi connectivity index (χ0) is 17.0. The highest BCUT2D eigenvalue weighted by Gasteiger charge is 2.11. The van der Waals surface area contributed by atoms with Crippen LogP contribution in [0.1, 0.15) is 22.3 Å². The molecule has 0 unspecified atom stereocenters. The van der Waals surface area contributed by atoms with Crippen LogP contribution in [0, 0.1) is 0 Å². The lowest BCUT2D eigenvalue weighted by Gasteiger charge is -2.11. The quantitative estimate of drug-likeness (QED) is 0.681. The van der Waals surface area contributed by atoms with Gasteiger partial charge in [-0.05, 0) is 53.6 Å². The summed E-state index contributed by atoms with van der Waals surface area (Å²) in [6.45, 7) is 7.37. The van der Waals surface area contributed by atoms with Crippen molar-refractivity contribution in [1.29, 1.82) is 0 Å². The molecule has 0 aromatic heterocycles. The zero-order valence-corrected chi connectivity index (χ0v) is 14.2. The summed E-state index contributed by atoms with van der Waals surface area (Å²) in [6, 6.07) is 7.27. The average molecular weight is 349 g/mol. The van der Waals surface area contributed by atoms with E-state index in [0.717, 1.165) is 22.3 Å². The number of benzene rings is 2. The van der Waals surface area contributed by atoms with Gasteiger partial charge in [0.15, 0.2) is 0 Å². The Kier molecular flexibility index (Phi) is 5.75. The van der Waals surface area contributed by atoms with Crippen molar-refractivity contribution in [1.82, 2.24) is 0 Å². The molecule has 2 nitrogen and oxygen atoms in total. The number of hydrogen-bond acceptors (Lipinski definition) is 2. The van der Waals surface area contributed by atoms with Crippen molar-refractivity contribution in [2.75, 3.05) is 0 Å². The highest BCUT2D eigenvalue weighted by Crippen LogP contribution is 2.33. The summed E-state index contributed by atoms with van der Waals surface area (Å²) < 4.78 is 0. The molecule has 0 saturated heterocycles. The van der Waals surface area contributed by atoms with Crippen LogP contribution in [0.2, 0.25) is 10.0 Å². The largest absolute Gasteiger partial charge is 0.506 e. The minimum atomic E-state index is 0.0893. The molecule has 0 aliphatic carbocycles. The first kappa shape index (κ1) is 17.5. The summed E-state index contributed by atoms with van der Waals surface area (Å²) in [4.78, 5) is 0. The Bertz CT molecular complexity index is 688. The fourth-order valence-corrected chi connectivity index (χ4v) is 3.02. The second kappa shape index (κ2) is 7.58. The van der Waals surface area contributed by atoms with E-state index in [9.17, 15) is 10.2 Å². The Morgan fingerprint density at radius 1 is 0.783 bits per heavy atom. The van der Waals surface area contributed by atoms with Gasteiger partial charge in [-0.15, -0.1) is 13.2 Å². The van der Waals surface area contributed by atoms with Crippen LogP contribution in [-0.2, 0) is 19.3 Å². The molecular formula is C19H18Cl2O2. The third kappa shape index (κ3) is 4.10. The summed E-state index contributed by atoms with van der Waals surface area (Å²) in [5.74, 6) is 0.179. The maximum atomic E-state index is 9.97. The van der Waals surface area contributed by atoms with E-state index in [1.165, 1.54) is 0 Å². The molecular weight excluding hydrogens is 331 g/mol. The van der Waals surface area contributed by atoms with Crippen LogP contribution in [0.3, 0.4) is 0 Å². The van der Waals surface area contributed by atoms with Crippen LogP contribution in [0.15, 0.2) is 49.6 Å². The van der Waals surface area contributed by atoms with Gasteiger partial charge in [0, 0.05) is 0 Å². The van der Waals surface area contributed by atoms with E-state index >= 15 is 0 Å². The van der Waals surface area contributed by atoms with Gasteiger partial charge in [-0.25, -0.2) is 0 Å². The summed E-state index contributed by atoms with van der Waals surface area (Å²) in [6.07, 6.45) is 5.10. The minimum Gasteiger partial charge on any atom is -0.506 e. The molecule has 2 N–H and O–H groups in total. The van der Waals surface area contributed by atoms with E-state index in [1.54, 1.807) is 24.3 Å². The predicted molar refractivity (Wildman–Crippen MR) is 96.8 cm³/mol. The molecule has 2 rings (SSSR count). The maximum absolute atomic E-state index is 9.97. The number of allylic oxidation sites excluding steroid dienone is 2. The molecule has 0 bridgehead atoms. The van der Waals surface area contributed by atoms with Crippen molar-refractivity contribution in [2.45, 2.75) is 19.3 Å². The van der Waals surface area contributed by atoms with Crippen molar-refractivity contribution in [3.8, 4) is 11.5 Å². The predicted octanol–water partition coefficient (Wildman–Crippen LogP) is 5.45. The number of hydrogen-bond donors (Lipinski definition) is 2. The van der Waals surface area contributed by atoms with Crippen molar-refractivity contribution in [3.05, 3.63) is 81.9 Å². The molecule has 2 aromatic carbocycles. The monoisotopic (exact) mass is 348 g/mol. The fraction of sp³-hybridized carbons (Fsp3) is 0.158. The smallest absolute Gasteiger partial charge is 0.137 e. The number of aromatic hydroxyl groups is 2. The average Bonchev–Trinajstić information content (AvgIpc) is 2.50. The highest BCUT2D eigenvalue weighted by atomic mass is 35.5. The SMILES string of the molecule is C=CCc1cc(Cc2cc(Cl)c(O)c(CC=C)c2)cc(Cl)c1O. The van der Waals surface area contributed by atoms with Gasteiger partial charge < -0.3 is 10.2 Å². The molecule has 0 spiro atoms. The third-order valence-corrected chi connectivity index (χ3v) is 4.12. The first-order chi connectivity index (χ1) is 11.0. The van der Waals surface area contributed by atoms with E-state index < -0.39 is 0 Å². The van der Waals surface area contributed by atoms with Gasteiger partial charge in [0.25, 0.3) is 0 Å². The molecule has 0 saturated carbocycles. The highest BCUT2D eigenvalue weighted by molar-refractivity contribution is 6.32. The van der Waals surface area contributed by atoms with E-state index in [2.05, 4.69) is 13.2 Å². The molecule has 23 heavy (non-hydrogen) atoms. The van der Waals surface area contributed by atoms with E-state index in [0.29, 0.717) is 29.3 Å². The minimum absolute atomic E-state index is 0.0893. The number of halogens is 2. The summed E-state index contributed by atoms with van der Waals surface area (Å²) >= 11 is 12.2. The van der Waals surface area contributed by atoms with Crippen molar-refractivity contribution < 1.29 is 10.2 Å². The lowest BCUT2D eigenvalue weighted by molar-refractivity contribution is 0.469. The Hall–Kier alpha value is -1.90. The molecule has 4 heteroatoms. The van der Waals surface area contributed by atoms with E-state index in [4.69, 9.17) is 23.2 Å². The summed E-state index contributed by atoms with van der Waals surface area (Å²) in [7, 11) is 0. The summed E-state index contributed by atoms with van der Waals surface area (Å²) in [5, 5.41) is 20.6. The normalized spacial score (nSPS) is 10.5. The molecule has 120 valence electrons. The van der Waals surface area contributed by atoms with Gasteiger partial charge in [-0.2, -0.15) is 0 Å². The Morgan fingerprint density at radius 3 is 1.52 bits per heavy atom. The molecule has 0 fully saturated rings. The first-order valence-corrected chi connectivity index (χ1v) is 7.94. The van der Waals surface area contributed by atoms with Gasteiger partial charge in [-0.3, -0.25) is 0 Å². The van der Waals surface area contributed by atoms with Gasteiger partial charge >= 0.3 is 0 Å². The molecule has 0 amide bonds. The number of rotatable bonds is 6. The van der Waals surface area contributed by atoms with Crippen molar-refractivity contribution >= 4 is 23.2 Å².